The van der Waals surface area contributed by atoms with Crippen molar-refractivity contribution in [2.45, 2.75) is 6.92 Å². The fourth-order valence-corrected chi connectivity index (χ4v) is 2.96. The quantitative estimate of drug-likeness (QED) is 0.364. The molecular formula is C24H20N4. The van der Waals surface area contributed by atoms with Gasteiger partial charge in [-0.15, -0.1) is 0 Å². The van der Waals surface area contributed by atoms with Gasteiger partial charge in [0.2, 0.25) is 5.95 Å². The normalized spacial score (nSPS) is 11.5. The highest BCUT2D eigenvalue weighted by atomic mass is 15.3. The lowest BCUT2D eigenvalue weighted by molar-refractivity contribution is 1.16. The largest absolute Gasteiger partial charge is 0.245 e. The van der Waals surface area contributed by atoms with Crippen molar-refractivity contribution in [2.75, 3.05) is 5.43 Å². The summed E-state index contributed by atoms with van der Waals surface area (Å²) in [6.45, 7) is 2.07. The van der Waals surface area contributed by atoms with Crippen LogP contribution < -0.4 is 5.43 Å². The zero-order valence-electron chi connectivity index (χ0n) is 15.6. The van der Waals surface area contributed by atoms with Crippen LogP contribution in [-0.4, -0.2) is 16.2 Å². The summed E-state index contributed by atoms with van der Waals surface area (Å²) in [5, 5.41) is 5.26. The number of nitrogens with one attached hydrogen (secondary N) is 1. The molecule has 0 spiro atoms. The number of hydrazone groups is 1. The molecule has 3 aromatic carbocycles. The highest BCUT2D eigenvalue weighted by Gasteiger charge is 2.09. The fourth-order valence-electron chi connectivity index (χ4n) is 2.96. The molecule has 1 aromatic heterocycles. The molecule has 0 aliphatic rings. The van der Waals surface area contributed by atoms with E-state index in [2.05, 4.69) is 46.7 Å². The summed E-state index contributed by atoms with van der Waals surface area (Å²) < 4.78 is 0. The van der Waals surface area contributed by atoms with Gasteiger partial charge in [-0.1, -0.05) is 78.4 Å². The van der Waals surface area contributed by atoms with Gasteiger partial charge in [-0.2, -0.15) is 5.10 Å². The number of rotatable bonds is 5. The molecule has 1 N–H and O–H groups in total. The number of benzene rings is 3. The van der Waals surface area contributed by atoms with E-state index in [0.29, 0.717) is 5.95 Å². The smallest absolute Gasteiger partial charge is 0.244 e. The number of aryl methyl sites for hydroxylation is 1. The molecule has 4 rings (SSSR count). The third-order valence-corrected chi connectivity index (χ3v) is 4.31. The Morgan fingerprint density at radius 1 is 0.857 bits per heavy atom. The van der Waals surface area contributed by atoms with Crippen LogP contribution >= 0.6 is 0 Å². The van der Waals surface area contributed by atoms with Gasteiger partial charge in [0.15, 0.2) is 0 Å². The second-order valence-corrected chi connectivity index (χ2v) is 6.44. The van der Waals surface area contributed by atoms with Crippen molar-refractivity contribution in [3.8, 4) is 11.3 Å². The maximum atomic E-state index is 4.71. The predicted octanol–water partition coefficient (Wildman–Crippen LogP) is 5.72. The van der Waals surface area contributed by atoms with E-state index in [4.69, 9.17) is 4.98 Å². The molecule has 0 unspecified atom stereocenters. The van der Waals surface area contributed by atoms with Crippen LogP contribution in [0, 0.1) is 6.92 Å². The van der Waals surface area contributed by atoms with Gasteiger partial charge in [0.05, 0.1) is 11.2 Å². The van der Waals surface area contributed by atoms with Crippen LogP contribution in [-0.2, 0) is 0 Å². The highest BCUT2D eigenvalue weighted by molar-refractivity contribution is 5.93. The van der Waals surface area contributed by atoms with Crippen molar-refractivity contribution < 1.29 is 0 Å². The Balaban J connectivity index is 1.62. The molecule has 4 nitrogen and oxygen atoms in total. The number of anilines is 1. The number of hydrogen-bond donors (Lipinski definition) is 1. The van der Waals surface area contributed by atoms with Gasteiger partial charge in [-0.05, 0) is 30.7 Å². The number of fused-ring (bicyclic) bond motifs is 1. The average Bonchev–Trinajstić information content (AvgIpc) is 2.74. The van der Waals surface area contributed by atoms with Crippen LogP contribution in [0.3, 0.4) is 0 Å². The van der Waals surface area contributed by atoms with Gasteiger partial charge in [0.25, 0.3) is 0 Å². The molecule has 0 aliphatic carbocycles. The maximum absolute atomic E-state index is 4.71. The monoisotopic (exact) mass is 364 g/mol. The van der Waals surface area contributed by atoms with Gasteiger partial charge in [-0.25, -0.2) is 15.4 Å². The summed E-state index contributed by atoms with van der Waals surface area (Å²) in [6.07, 6.45) is 5.56. The lowest BCUT2D eigenvalue weighted by Gasteiger charge is -2.09. The minimum atomic E-state index is 0.472. The zero-order valence-corrected chi connectivity index (χ0v) is 15.6. The number of nitrogens with zero attached hydrogens (tertiary/aromatic N) is 3. The Morgan fingerprint density at radius 3 is 2.39 bits per heavy atom. The van der Waals surface area contributed by atoms with E-state index in [1.807, 2.05) is 66.7 Å². The van der Waals surface area contributed by atoms with Crippen molar-refractivity contribution in [1.82, 2.24) is 9.97 Å². The molecule has 0 fully saturated rings. The molecule has 0 atom stereocenters. The third kappa shape index (κ3) is 4.13. The minimum Gasteiger partial charge on any atom is -0.245 e. The standard InChI is InChI=1S/C24H20N4/c1-18-14-15-22-21(17-18)23(20-12-6-3-7-13-20)27-24(26-22)28-25-16-8-11-19-9-4-2-5-10-19/h2-17H,1H3,(H,26,27,28). The van der Waals surface area contributed by atoms with Crippen molar-refractivity contribution in [1.29, 1.82) is 0 Å². The molecule has 4 aromatic rings. The number of allylic oxidation sites excluding steroid dienone is 1. The molecule has 0 radical (unpaired) electrons. The first-order valence-corrected chi connectivity index (χ1v) is 9.14. The zero-order chi connectivity index (χ0) is 19.2. The van der Waals surface area contributed by atoms with Crippen LogP contribution in [0.25, 0.3) is 28.2 Å². The van der Waals surface area contributed by atoms with E-state index >= 15 is 0 Å². The summed E-state index contributed by atoms with van der Waals surface area (Å²) in [5.41, 5.74) is 8.08. The van der Waals surface area contributed by atoms with Crippen LogP contribution in [0.2, 0.25) is 0 Å². The Morgan fingerprint density at radius 2 is 1.61 bits per heavy atom. The van der Waals surface area contributed by atoms with E-state index in [1.165, 1.54) is 5.56 Å². The Labute approximate surface area is 164 Å². The molecule has 4 heteroatoms. The summed E-state index contributed by atoms with van der Waals surface area (Å²) in [6, 6.07) is 26.4. The van der Waals surface area contributed by atoms with E-state index in [0.717, 1.165) is 27.7 Å². The van der Waals surface area contributed by atoms with Gasteiger partial charge in [0.1, 0.15) is 0 Å². The van der Waals surface area contributed by atoms with E-state index in [9.17, 15) is 0 Å². The number of hydrogen-bond acceptors (Lipinski definition) is 4. The SMILES string of the molecule is Cc1ccc2nc(NN=CC=Cc3ccccc3)nc(-c3ccccc3)c2c1. The van der Waals surface area contributed by atoms with Crippen molar-refractivity contribution in [3.63, 3.8) is 0 Å². The molecule has 0 aliphatic heterocycles. The second-order valence-electron chi connectivity index (χ2n) is 6.44. The Bertz CT molecular complexity index is 1130. The first-order valence-electron chi connectivity index (χ1n) is 9.14. The first kappa shape index (κ1) is 17.6. The topological polar surface area (TPSA) is 50.2 Å². The van der Waals surface area contributed by atoms with Crippen molar-refractivity contribution in [2.24, 2.45) is 5.10 Å². The van der Waals surface area contributed by atoms with Crippen LogP contribution in [0.5, 0.6) is 0 Å². The molecule has 136 valence electrons. The van der Waals surface area contributed by atoms with E-state index < -0.39 is 0 Å². The van der Waals surface area contributed by atoms with Crippen molar-refractivity contribution in [3.05, 3.63) is 96.1 Å². The van der Waals surface area contributed by atoms with Crippen LogP contribution in [0.15, 0.2) is 90.0 Å². The number of aromatic nitrogens is 2. The van der Waals surface area contributed by atoms with Gasteiger partial charge in [0, 0.05) is 17.2 Å². The summed E-state index contributed by atoms with van der Waals surface area (Å²) in [5.74, 6) is 0.472. The predicted molar refractivity (Wildman–Crippen MR) is 117 cm³/mol. The molecule has 0 bridgehead atoms. The Kier molecular flexibility index (Phi) is 5.20. The highest BCUT2D eigenvalue weighted by Crippen LogP contribution is 2.27. The van der Waals surface area contributed by atoms with E-state index in [1.54, 1.807) is 6.21 Å². The summed E-state index contributed by atoms with van der Waals surface area (Å²) >= 11 is 0. The van der Waals surface area contributed by atoms with Crippen LogP contribution in [0.1, 0.15) is 11.1 Å². The fraction of sp³-hybridized carbons (Fsp3) is 0.0417. The second kappa shape index (κ2) is 8.27. The summed E-state index contributed by atoms with van der Waals surface area (Å²) in [7, 11) is 0. The summed E-state index contributed by atoms with van der Waals surface area (Å²) in [4.78, 5) is 9.31. The molecule has 0 saturated heterocycles. The lowest BCUT2D eigenvalue weighted by Crippen LogP contribution is -1.99. The third-order valence-electron chi connectivity index (χ3n) is 4.31. The molecule has 0 amide bonds. The lowest BCUT2D eigenvalue weighted by atomic mass is 10.0. The molecule has 28 heavy (non-hydrogen) atoms. The Hall–Kier alpha value is -3.79. The van der Waals surface area contributed by atoms with Gasteiger partial charge >= 0.3 is 0 Å². The first-order chi connectivity index (χ1) is 13.8. The van der Waals surface area contributed by atoms with E-state index in [-0.39, 0.29) is 0 Å². The van der Waals surface area contributed by atoms with Crippen molar-refractivity contribution >= 4 is 29.1 Å². The minimum absolute atomic E-state index is 0.472. The average molecular weight is 364 g/mol. The molecular weight excluding hydrogens is 344 g/mol. The molecule has 0 saturated carbocycles. The van der Waals surface area contributed by atoms with Gasteiger partial charge < -0.3 is 0 Å². The maximum Gasteiger partial charge on any atom is 0.244 e. The van der Waals surface area contributed by atoms with Gasteiger partial charge in [-0.3, -0.25) is 0 Å². The van der Waals surface area contributed by atoms with Crippen LogP contribution in [0.4, 0.5) is 5.95 Å². The molecule has 1 heterocycles.